The van der Waals surface area contributed by atoms with Gasteiger partial charge >= 0.3 is 0 Å². The minimum Gasteiger partial charge on any atom is -0.354 e. The number of carbonyl (C=O) groups excluding carboxylic acids is 1. The fraction of sp³-hybridized carbons (Fsp3) is 0.967. The second-order valence-electron chi connectivity index (χ2n) is 13.3. The van der Waals surface area contributed by atoms with Gasteiger partial charge < -0.3 is 20.9 Å². The van der Waals surface area contributed by atoms with Crippen molar-refractivity contribution in [3.8, 4) is 0 Å². The van der Waals surface area contributed by atoms with Gasteiger partial charge in [0.1, 0.15) is 0 Å². The number of nitrogens with one attached hydrogen (secondary N) is 1. The maximum Gasteiger partial charge on any atom is 0.217 e. The Morgan fingerprint density at radius 2 is 1.03 bits per heavy atom. The van der Waals surface area contributed by atoms with Gasteiger partial charge in [0.15, 0.2) is 0 Å². The maximum atomic E-state index is 11.1. The monoisotopic (exact) mass is 516 g/mol. The highest BCUT2D eigenvalue weighted by atomic mass is 16.1. The molecule has 7 nitrogen and oxygen atoms in total. The zero-order chi connectivity index (χ0) is 25.6. The van der Waals surface area contributed by atoms with E-state index in [0.717, 1.165) is 36.8 Å². The predicted molar refractivity (Wildman–Crippen MR) is 152 cm³/mol. The average molecular weight is 517 g/mol. The van der Waals surface area contributed by atoms with E-state index in [-0.39, 0.29) is 5.91 Å². The first-order valence-corrected chi connectivity index (χ1v) is 16.0. The number of nitrogens with two attached hydrogens (primary N) is 1. The molecule has 6 aliphatic rings. The third kappa shape index (κ3) is 9.16. The highest BCUT2D eigenvalue weighted by Gasteiger charge is 2.31. The summed E-state index contributed by atoms with van der Waals surface area (Å²) in [4.78, 5) is 21.9. The van der Waals surface area contributed by atoms with Crippen molar-refractivity contribution < 1.29 is 4.79 Å². The molecule has 4 aliphatic carbocycles. The van der Waals surface area contributed by atoms with Crippen molar-refractivity contribution in [2.24, 2.45) is 17.6 Å². The van der Waals surface area contributed by atoms with E-state index >= 15 is 0 Å². The quantitative estimate of drug-likeness (QED) is 0.542. The van der Waals surface area contributed by atoms with Crippen LogP contribution < -0.4 is 11.1 Å². The molecule has 212 valence electrons. The minimum atomic E-state index is 0.127. The molecule has 37 heavy (non-hydrogen) atoms. The van der Waals surface area contributed by atoms with Gasteiger partial charge in [-0.1, -0.05) is 0 Å². The van der Waals surface area contributed by atoms with E-state index in [1.165, 1.54) is 130 Å². The number of rotatable bonds is 7. The van der Waals surface area contributed by atoms with E-state index in [2.05, 4.69) is 24.9 Å². The topological polar surface area (TPSA) is 68.1 Å². The second-order valence-corrected chi connectivity index (χ2v) is 13.3. The van der Waals surface area contributed by atoms with Crippen molar-refractivity contribution in [2.75, 3.05) is 65.4 Å². The summed E-state index contributed by atoms with van der Waals surface area (Å²) in [6.07, 6.45) is 15.9. The Kier molecular flexibility index (Phi) is 10.2. The molecule has 0 unspecified atom stereocenters. The van der Waals surface area contributed by atoms with Gasteiger partial charge in [0, 0.05) is 96.5 Å². The van der Waals surface area contributed by atoms with Gasteiger partial charge in [-0.05, 0) is 88.9 Å². The Morgan fingerprint density at radius 3 is 1.41 bits per heavy atom. The van der Waals surface area contributed by atoms with Gasteiger partial charge in [-0.25, -0.2) is 0 Å². The molecule has 2 saturated heterocycles. The normalized spacial score (nSPS) is 35.0. The smallest absolute Gasteiger partial charge is 0.217 e. The Balaban J connectivity index is 0.000000153. The molecule has 1 amide bonds. The van der Waals surface area contributed by atoms with Crippen LogP contribution in [0, 0.1) is 11.8 Å². The number of amides is 1. The van der Waals surface area contributed by atoms with Crippen LogP contribution >= 0.6 is 0 Å². The lowest BCUT2D eigenvalue weighted by molar-refractivity contribution is -0.119. The van der Waals surface area contributed by atoms with E-state index in [0.29, 0.717) is 12.1 Å². The summed E-state index contributed by atoms with van der Waals surface area (Å²) >= 11 is 0. The number of carbonyl (C=O) groups is 1. The van der Waals surface area contributed by atoms with Gasteiger partial charge in [0.2, 0.25) is 5.91 Å². The van der Waals surface area contributed by atoms with E-state index < -0.39 is 0 Å². The molecule has 0 aromatic heterocycles. The lowest BCUT2D eigenvalue weighted by Gasteiger charge is -2.42. The third-order valence-corrected chi connectivity index (χ3v) is 10.1. The van der Waals surface area contributed by atoms with Crippen LogP contribution in [0.2, 0.25) is 0 Å². The van der Waals surface area contributed by atoms with Crippen LogP contribution in [0.3, 0.4) is 0 Å². The van der Waals surface area contributed by atoms with Gasteiger partial charge in [0.05, 0.1) is 0 Å². The molecule has 6 fully saturated rings. The number of piperazine rings is 2. The molecule has 2 aliphatic heterocycles. The SMILES string of the molecule is CC(=O)NC1CCC(N2CCN(CC3CC3)CC2)CC1.NC1CCC(N2CCN(CC3CC3)CC2)CC1. The van der Waals surface area contributed by atoms with Crippen LogP contribution in [0.1, 0.15) is 84.0 Å². The van der Waals surface area contributed by atoms with Crippen LogP contribution in [0.4, 0.5) is 0 Å². The first-order chi connectivity index (χ1) is 18.0. The average Bonchev–Trinajstić information content (AvgIpc) is 3.84. The van der Waals surface area contributed by atoms with Gasteiger partial charge in [-0.15, -0.1) is 0 Å². The molecule has 3 N–H and O–H groups in total. The zero-order valence-electron chi connectivity index (χ0n) is 23.8. The third-order valence-electron chi connectivity index (χ3n) is 10.1. The Morgan fingerprint density at radius 1 is 0.622 bits per heavy atom. The Labute approximate surface area is 226 Å². The molecular weight excluding hydrogens is 460 g/mol. The summed E-state index contributed by atoms with van der Waals surface area (Å²) in [7, 11) is 0. The fourth-order valence-corrected chi connectivity index (χ4v) is 7.29. The van der Waals surface area contributed by atoms with Crippen molar-refractivity contribution in [1.82, 2.24) is 24.9 Å². The summed E-state index contributed by atoms with van der Waals surface area (Å²) < 4.78 is 0. The maximum absolute atomic E-state index is 11.1. The number of nitrogens with zero attached hydrogens (tertiary/aromatic N) is 4. The van der Waals surface area contributed by atoms with E-state index in [9.17, 15) is 4.79 Å². The van der Waals surface area contributed by atoms with Gasteiger partial charge in [-0.2, -0.15) is 0 Å². The molecule has 0 radical (unpaired) electrons. The van der Waals surface area contributed by atoms with E-state index in [1.807, 2.05) is 0 Å². The highest BCUT2D eigenvalue weighted by Crippen LogP contribution is 2.31. The van der Waals surface area contributed by atoms with Crippen molar-refractivity contribution in [1.29, 1.82) is 0 Å². The molecular formula is C30H56N6O. The Hall–Kier alpha value is -0.730. The summed E-state index contributed by atoms with van der Waals surface area (Å²) in [5.41, 5.74) is 5.98. The molecule has 0 bridgehead atoms. The molecule has 6 rings (SSSR count). The summed E-state index contributed by atoms with van der Waals surface area (Å²) in [5.74, 6) is 2.20. The second kappa shape index (κ2) is 13.6. The molecule has 0 aromatic carbocycles. The number of hydrogen-bond acceptors (Lipinski definition) is 6. The van der Waals surface area contributed by atoms with Crippen LogP contribution in [0.5, 0.6) is 0 Å². The minimum absolute atomic E-state index is 0.127. The molecule has 0 spiro atoms. The van der Waals surface area contributed by atoms with Gasteiger partial charge in [-0.3, -0.25) is 14.6 Å². The summed E-state index contributed by atoms with van der Waals surface area (Å²) in [6, 6.07) is 2.53. The van der Waals surface area contributed by atoms with Crippen molar-refractivity contribution in [2.45, 2.75) is 108 Å². The lowest BCUT2D eigenvalue weighted by Crippen LogP contribution is -2.52. The van der Waals surface area contributed by atoms with E-state index in [4.69, 9.17) is 5.73 Å². The van der Waals surface area contributed by atoms with Crippen LogP contribution in [-0.2, 0) is 4.79 Å². The molecule has 7 heteroatoms. The van der Waals surface area contributed by atoms with Crippen LogP contribution in [0.15, 0.2) is 0 Å². The van der Waals surface area contributed by atoms with E-state index in [1.54, 1.807) is 6.92 Å². The molecule has 4 saturated carbocycles. The van der Waals surface area contributed by atoms with Crippen molar-refractivity contribution >= 4 is 5.91 Å². The summed E-state index contributed by atoms with van der Waals surface area (Å²) in [5, 5.41) is 3.08. The lowest BCUT2D eigenvalue weighted by atomic mass is 9.89. The summed E-state index contributed by atoms with van der Waals surface area (Å²) in [6.45, 7) is 14.6. The standard InChI is InChI=1S/C16H29N3O.C14H27N3/c1-13(20)17-15-4-6-16(7-5-15)19-10-8-18(9-11-19)12-14-2-3-14;15-13-3-5-14(6-4-13)17-9-7-16(8-10-17)11-12-1-2-12/h14-16H,2-12H2,1H3,(H,17,20);12-14H,1-11,15H2. The van der Waals surface area contributed by atoms with Crippen LogP contribution in [-0.4, -0.2) is 115 Å². The first-order valence-electron chi connectivity index (χ1n) is 16.0. The highest BCUT2D eigenvalue weighted by molar-refractivity contribution is 5.73. The molecule has 0 atom stereocenters. The van der Waals surface area contributed by atoms with Crippen LogP contribution in [0.25, 0.3) is 0 Å². The molecule has 2 heterocycles. The molecule has 0 aromatic rings. The van der Waals surface area contributed by atoms with Crippen molar-refractivity contribution in [3.63, 3.8) is 0 Å². The number of hydrogen-bond donors (Lipinski definition) is 2. The first kappa shape index (κ1) is 27.8. The van der Waals surface area contributed by atoms with Gasteiger partial charge in [0.25, 0.3) is 0 Å². The van der Waals surface area contributed by atoms with Crippen molar-refractivity contribution in [3.05, 3.63) is 0 Å². The Bertz CT molecular complexity index is 680. The largest absolute Gasteiger partial charge is 0.354 e. The zero-order valence-corrected chi connectivity index (χ0v) is 23.8. The fourth-order valence-electron chi connectivity index (χ4n) is 7.29. The predicted octanol–water partition coefficient (Wildman–Crippen LogP) is 2.75.